The molecule has 0 unspecified atom stereocenters. The number of benzene rings is 1. The first-order valence-corrected chi connectivity index (χ1v) is 6.89. The van der Waals surface area contributed by atoms with E-state index in [9.17, 15) is 0 Å². The van der Waals surface area contributed by atoms with Gasteiger partial charge in [-0.2, -0.15) is 5.10 Å². The topological polar surface area (TPSA) is 47.0 Å². The van der Waals surface area contributed by atoms with E-state index in [0.29, 0.717) is 6.61 Å². The molecular formula is C16H21N3O. The van der Waals surface area contributed by atoms with E-state index in [4.69, 9.17) is 4.74 Å². The van der Waals surface area contributed by atoms with Gasteiger partial charge in [0, 0.05) is 13.2 Å². The normalized spacial score (nSPS) is 10.6. The van der Waals surface area contributed by atoms with Crippen molar-refractivity contribution in [2.45, 2.75) is 33.9 Å². The highest BCUT2D eigenvalue weighted by Gasteiger charge is 2.00. The molecule has 0 radical (unpaired) electrons. The van der Waals surface area contributed by atoms with E-state index in [0.717, 1.165) is 30.2 Å². The Morgan fingerprint density at radius 3 is 2.40 bits per heavy atom. The van der Waals surface area contributed by atoms with Crippen molar-refractivity contribution < 1.29 is 4.74 Å². The summed E-state index contributed by atoms with van der Waals surface area (Å²) >= 11 is 0. The van der Waals surface area contributed by atoms with Gasteiger partial charge in [0.1, 0.15) is 5.82 Å². The van der Waals surface area contributed by atoms with Gasteiger partial charge in [0.05, 0.1) is 12.3 Å². The van der Waals surface area contributed by atoms with Gasteiger partial charge in [0.2, 0.25) is 0 Å². The SMILES string of the molecule is CCOCc1ccc(CNc2cc(C)c(C)nn2)cc1. The summed E-state index contributed by atoms with van der Waals surface area (Å²) in [6.07, 6.45) is 0. The summed E-state index contributed by atoms with van der Waals surface area (Å²) in [5.74, 6) is 0.812. The lowest BCUT2D eigenvalue weighted by Gasteiger charge is -2.08. The Balaban J connectivity index is 1.91. The Labute approximate surface area is 120 Å². The predicted octanol–water partition coefficient (Wildman–Crippen LogP) is 3.24. The lowest BCUT2D eigenvalue weighted by Crippen LogP contribution is -2.04. The van der Waals surface area contributed by atoms with Gasteiger partial charge in [-0.15, -0.1) is 5.10 Å². The number of nitrogens with zero attached hydrogens (tertiary/aromatic N) is 2. The highest BCUT2D eigenvalue weighted by atomic mass is 16.5. The lowest BCUT2D eigenvalue weighted by molar-refractivity contribution is 0.134. The van der Waals surface area contributed by atoms with Gasteiger partial charge in [-0.25, -0.2) is 0 Å². The summed E-state index contributed by atoms with van der Waals surface area (Å²) in [5, 5.41) is 11.5. The zero-order valence-corrected chi connectivity index (χ0v) is 12.3. The van der Waals surface area contributed by atoms with Crippen molar-refractivity contribution in [3.63, 3.8) is 0 Å². The van der Waals surface area contributed by atoms with Crippen molar-refractivity contribution in [1.82, 2.24) is 10.2 Å². The van der Waals surface area contributed by atoms with E-state index in [1.165, 1.54) is 11.1 Å². The molecule has 0 saturated carbocycles. The van der Waals surface area contributed by atoms with Crippen LogP contribution in [0.1, 0.15) is 29.3 Å². The van der Waals surface area contributed by atoms with Gasteiger partial charge in [0.25, 0.3) is 0 Å². The minimum Gasteiger partial charge on any atom is -0.377 e. The van der Waals surface area contributed by atoms with Gasteiger partial charge in [-0.3, -0.25) is 0 Å². The molecule has 1 heterocycles. The minimum atomic E-state index is 0.673. The summed E-state index contributed by atoms with van der Waals surface area (Å²) in [6, 6.07) is 10.4. The molecule has 1 aromatic heterocycles. The summed E-state index contributed by atoms with van der Waals surface area (Å²) in [6.45, 7) is 8.16. The molecule has 0 atom stereocenters. The van der Waals surface area contributed by atoms with Crippen LogP contribution in [0.3, 0.4) is 0 Å². The van der Waals surface area contributed by atoms with Crippen LogP contribution in [0, 0.1) is 13.8 Å². The largest absolute Gasteiger partial charge is 0.377 e. The fourth-order valence-corrected chi connectivity index (χ4v) is 1.80. The Morgan fingerprint density at radius 1 is 1.05 bits per heavy atom. The molecular weight excluding hydrogens is 250 g/mol. The molecule has 0 amide bonds. The van der Waals surface area contributed by atoms with E-state index in [1.54, 1.807) is 0 Å². The summed E-state index contributed by atoms with van der Waals surface area (Å²) in [4.78, 5) is 0. The van der Waals surface area contributed by atoms with Crippen LogP contribution in [-0.4, -0.2) is 16.8 Å². The molecule has 0 aliphatic heterocycles. The van der Waals surface area contributed by atoms with Gasteiger partial charge in [-0.1, -0.05) is 24.3 Å². The quantitative estimate of drug-likeness (QED) is 0.876. The first kappa shape index (κ1) is 14.5. The van der Waals surface area contributed by atoms with Crippen molar-refractivity contribution in [3.8, 4) is 0 Å². The number of anilines is 1. The molecule has 4 heteroatoms. The van der Waals surface area contributed by atoms with Crippen LogP contribution in [-0.2, 0) is 17.9 Å². The number of aromatic nitrogens is 2. The Hall–Kier alpha value is -1.94. The van der Waals surface area contributed by atoms with Crippen LogP contribution in [0.5, 0.6) is 0 Å². The maximum Gasteiger partial charge on any atom is 0.149 e. The monoisotopic (exact) mass is 271 g/mol. The van der Waals surface area contributed by atoms with Gasteiger partial charge in [-0.05, 0) is 43.5 Å². The number of ether oxygens (including phenoxy) is 1. The van der Waals surface area contributed by atoms with E-state index in [1.807, 2.05) is 26.8 Å². The molecule has 0 bridgehead atoms. The van der Waals surface area contributed by atoms with E-state index >= 15 is 0 Å². The average molecular weight is 271 g/mol. The molecule has 2 aromatic rings. The number of rotatable bonds is 6. The maximum atomic E-state index is 5.38. The molecule has 0 spiro atoms. The second-order valence-corrected chi connectivity index (χ2v) is 4.81. The third-order valence-electron chi connectivity index (χ3n) is 3.20. The molecule has 0 aliphatic carbocycles. The highest BCUT2D eigenvalue weighted by Crippen LogP contribution is 2.11. The highest BCUT2D eigenvalue weighted by molar-refractivity contribution is 5.38. The van der Waals surface area contributed by atoms with Crippen LogP contribution in [0.2, 0.25) is 0 Å². The molecule has 4 nitrogen and oxygen atoms in total. The lowest BCUT2D eigenvalue weighted by atomic mass is 10.1. The fourth-order valence-electron chi connectivity index (χ4n) is 1.80. The van der Waals surface area contributed by atoms with Crippen molar-refractivity contribution in [2.24, 2.45) is 0 Å². The van der Waals surface area contributed by atoms with Crippen LogP contribution < -0.4 is 5.32 Å². The third-order valence-corrected chi connectivity index (χ3v) is 3.20. The van der Waals surface area contributed by atoms with Crippen molar-refractivity contribution in [3.05, 3.63) is 52.7 Å². The van der Waals surface area contributed by atoms with Gasteiger partial charge < -0.3 is 10.1 Å². The first-order valence-electron chi connectivity index (χ1n) is 6.89. The molecule has 1 N–H and O–H groups in total. The van der Waals surface area contributed by atoms with Gasteiger partial charge in [0.15, 0.2) is 0 Å². The minimum absolute atomic E-state index is 0.673. The molecule has 106 valence electrons. The fraction of sp³-hybridized carbons (Fsp3) is 0.375. The summed E-state index contributed by atoms with van der Waals surface area (Å²) in [7, 11) is 0. The van der Waals surface area contributed by atoms with Crippen molar-refractivity contribution in [2.75, 3.05) is 11.9 Å². The van der Waals surface area contributed by atoms with Crippen LogP contribution >= 0.6 is 0 Å². The number of nitrogens with one attached hydrogen (secondary N) is 1. The van der Waals surface area contributed by atoms with Crippen LogP contribution in [0.4, 0.5) is 5.82 Å². The van der Waals surface area contributed by atoms with Crippen LogP contribution in [0.15, 0.2) is 30.3 Å². The molecule has 1 aromatic carbocycles. The van der Waals surface area contributed by atoms with E-state index < -0.39 is 0 Å². The standard InChI is InChI=1S/C16H21N3O/c1-4-20-11-15-7-5-14(6-8-15)10-17-16-9-12(2)13(3)18-19-16/h5-9H,4,10-11H2,1-3H3,(H,17,19). The average Bonchev–Trinajstić information content (AvgIpc) is 2.47. The number of hydrogen-bond donors (Lipinski definition) is 1. The van der Waals surface area contributed by atoms with Crippen LogP contribution in [0.25, 0.3) is 0 Å². The van der Waals surface area contributed by atoms with Crippen molar-refractivity contribution in [1.29, 1.82) is 0 Å². The zero-order valence-electron chi connectivity index (χ0n) is 12.3. The predicted molar refractivity (Wildman–Crippen MR) is 80.6 cm³/mol. The molecule has 0 aliphatic rings. The number of hydrogen-bond acceptors (Lipinski definition) is 4. The van der Waals surface area contributed by atoms with E-state index in [-0.39, 0.29) is 0 Å². The Kier molecular flexibility index (Phi) is 5.07. The summed E-state index contributed by atoms with van der Waals surface area (Å²) < 4.78 is 5.38. The molecule has 2 rings (SSSR count). The van der Waals surface area contributed by atoms with Gasteiger partial charge >= 0.3 is 0 Å². The first-order chi connectivity index (χ1) is 9.69. The van der Waals surface area contributed by atoms with E-state index in [2.05, 4.69) is 39.8 Å². The molecule has 0 fully saturated rings. The third kappa shape index (κ3) is 4.03. The maximum absolute atomic E-state index is 5.38. The molecule has 0 saturated heterocycles. The second-order valence-electron chi connectivity index (χ2n) is 4.81. The smallest absolute Gasteiger partial charge is 0.149 e. The summed E-state index contributed by atoms with van der Waals surface area (Å²) in [5.41, 5.74) is 4.53. The number of aryl methyl sites for hydroxylation is 2. The zero-order chi connectivity index (χ0) is 14.4. The molecule has 20 heavy (non-hydrogen) atoms. The van der Waals surface area contributed by atoms with Crippen molar-refractivity contribution >= 4 is 5.82 Å². The Morgan fingerprint density at radius 2 is 1.75 bits per heavy atom. The Bertz CT molecular complexity index is 552. The second kappa shape index (κ2) is 7.01.